The van der Waals surface area contributed by atoms with Gasteiger partial charge < -0.3 is 4.57 Å². The van der Waals surface area contributed by atoms with Crippen molar-refractivity contribution < 1.29 is 0 Å². The third kappa shape index (κ3) is 6.34. The summed E-state index contributed by atoms with van der Waals surface area (Å²) in [5.41, 5.74) is 14.8. The number of nitrogens with zero attached hydrogens (tertiary/aromatic N) is 4. The lowest BCUT2D eigenvalue weighted by atomic mass is 9.97. The van der Waals surface area contributed by atoms with Crippen molar-refractivity contribution in [3.8, 4) is 73.0 Å². The molecule has 2 aromatic heterocycles. The number of fused-ring (bicyclic) bond motifs is 3. The van der Waals surface area contributed by atoms with Crippen LogP contribution in [0, 0.1) is 6.57 Å². The van der Waals surface area contributed by atoms with E-state index in [-0.39, 0.29) is 0 Å². The summed E-state index contributed by atoms with van der Waals surface area (Å²) in [7, 11) is 0. The molecule has 0 bridgehead atoms. The summed E-state index contributed by atoms with van der Waals surface area (Å²) < 4.78 is 2.36. The molecule has 0 unspecified atom stereocenters. The molecule has 0 aliphatic rings. The molecule has 4 heteroatoms. The highest BCUT2D eigenvalue weighted by Crippen LogP contribution is 2.40. The van der Waals surface area contributed by atoms with Crippen molar-refractivity contribution in [2.75, 3.05) is 0 Å². The number of hydrogen-bond donors (Lipinski definition) is 0. The van der Waals surface area contributed by atoms with Crippen molar-refractivity contribution in [3.63, 3.8) is 0 Å². The summed E-state index contributed by atoms with van der Waals surface area (Å²) in [4.78, 5) is 14.2. The monoisotopic (exact) mass is 726 g/mol. The molecule has 10 rings (SSSR count). The van der Waals surface area contributed by atoms with Crippen LogP contribution in [-0.4, -0.2) is 14.5 Å². The average molecular weight is 727 g/mol. The third-order valence-corrected chi connectivity index (χ3v) is 10.6. The van der Waals surface area contributed by atoms with Gasteiger partial charge in [-0.05, 0) is 75.8 Å². The summed E-state index contributed by atoms with van der Waals surface area (Å²) in [6.45, 7) is 8.08. The minimum Gasteiger partial charge on any atom is -0.309 e. The van der Waals surface area contributed by atoms with Crippen LogP contribution in [0.3, 0.4) is 0 Å². The van der Waals surface area contributed by atoms with E-state index >= 15 is 0 Å². The van der Waals surface area contributed by atoms with Gasteiger partial charge in [0.2, 0.25) is 0 Å². The van der Waals surface area contributed by atoms with Crippen LogP contribution in [0.15, 0.2) is 206 Å². The average Bonchev–Trinajstić information content (AvgIpc) is 3.63. The summed E-state index contributed by atoms with van der Waals surface area (Å²) in [5, 5.41) is 2.34. The fourth-order valence-corrected chi connectivity index (χ4v) is 7.86. The van der Waals surface area contributed by atoms with E-state index in [1.807, 2.05) is 72.8 Å². The molecule has 0 radical (unpaired) electrons. The van der Waals surface area contributed by atoms with Crippen LogP contribution < -0.4 is 0 Å². The van der Waals surface area contributed by atoms with Gasteiger partial charge in [0, 0.05) is 33.2 Å². The number of para-hydroxylation sites is 2. The minimum atomic E-state index is 0.598. The fraction of sp³-hybridized carbons (Fsp3) is 0. The minimum absolute atomic E-state index is 0.598. The van der Waals surface area contributed by atoms with E-state index in [4.69, 9.17) is 16.5 Å². The Morgan fingerprint density at radius 1 is 0.368 bits per heavy atom. The van der Waals surface area contributed by atoms with Gasteiger partial charge in [-0.25, -0.2) is 14.8 Å². The first-order chi connectivity index (χ1) is 28.2. The van der Waals surface area contributed by atoms with Crippen molar-refractivity contribution in [1.29, 1.82) is 0 Å². The van der Waals surface area contributed by atoms with Crippen LogP contribution in [0.25, 0.3) is 99.6 Å². The Morgan fingerprint density at radius 2 is 0.912 bits per heavy atom. The van der Waals surface area contributed by atoms with E-state index in [9.17, 15) is 0 Å². The molecule has 10 aromatic rings. The smallest absolute Gasteiger partial charge is 0.194 e. The zero-order chi connectivity index (χ0) is 38.1. The van der Waals surface area contributed by atoms with Gasteiger partial charge in [0.25, 0.3) is 0 Å². The second-order valence-corrected chi connectivity index (χ2v) is 14.1. The lowest BCUT2D eigenvalue weighted by molar-refractivity contribution is 1.16. The second-order valence-electron chi connectivity index (χ2n) is 14.1. The molecule has 0 aliphatic heterocycles. The molecule has 266 valence electrons. The highest BCUT2D eigenvalue weighted by molar-refractivity contribution is 6.10. The lowest BCUT2D eigenvalue weighted by Gasteiger charge is -2.16. The maximum Gasteiger partial charge on any atom is 0.194 e. The van der Waals surface area contributed by atoms with Crippen LogP contribution in [0.4, 0.5) is 5.69 Å². The zero-order valence-electron chi connectivity index (χ0n) is 30.9. The Balaban J connectivity index is 1.23. The van der Waals surface area contributed by atoms with Crippen molar-refractivity contribution in [1.82, 2.24) is 14.5 Å². The van der Waals surface area contributed by atoms with Crippen molar-refractivity contribution in [2.24, 2.45) is 0 Å². The maximum absolute atomic E-state index is 8.08. The van der Waals surface area contributed by atoms with Gasteiger partial charge in [0.05, 0.1) is 29.0 Å². The molecule has 8 aromatic carbocycles. The van der Waals surface area contributed by atoms with E-state index in [2.05, 4.69) is 143 Å². The van der Waals surface area contributed by atoms with E-state index in [0.29, 0.717) is 11.5 Å². The summed E-state index contributed by atoms with van der Waals surface area (Å²) >= 11 is 0. The van der Waals surface area contributed by atoms with E-state index < -0.39 is 0 Å². The predicted octanol–water partition coefficient (Wildman–Crippen LogP) is 14.1. The highest BCUT2D eigenvalue weighted by Gasteiger charge is 2.18. The van der Waals surface area contributed by atoms with Gasteiger partial charge in [-0.2, -0.15) is 0 Å². The van der Waals surface area contributed by atoms with E-state index in [1.165, 1.54) is 21.9 Å². The van der Waals surface area contributed by atoms with Crippen LogP contribution >= 0.6 is 0 Å². The lowest BCUT2D eigenvalue weighted by Crippen LogP contribution is -1.99. The molecular weight excluding hydrogens is 693 g/mol. The molecule has 0 spiro atoms. The number of aromatic nitrogens is 3. The van der Waals surface area contributed by atoms with Gasteiger partial charge in [-0.15, -0.1) is 0 Å². The molecule has 57 heavy (non-hydrogen) atoms. The van der Waals surface area contributed by atoms with Gasteiger partial charge in [-0.1, -0.05) is 164 Å². The standard InChI is InChI=1S/C53H34N4/c1-54-48-26-13-11-24-45(48)42-31-43(50-35-49(37-18-7-3-8-19-37)55-53(56-50)38-20-9-4-10-21-38)33-44(32-42)57-51-27-14-12-25-46(51)47-29-28-41(34-52(47)57)40-23-15-22-39(30-40)36-16-5-2-6-17-36/h2-35H. The molecule has 0 N–H and O–H groups in total. The Morgan fingerprint density at radius 3 is 1.67 bits per heavy atom. The number of hydrogen-bond acceptors (Lipinski definition) is 2. The van der Waals surface area contributed by atoms with Crippen LogP contribution in [0.5, 0.6) is 0 Å². The Kier molecular flexibility index (Phi) is 8.52. The number of rotatable bonds is 7. The first-order valence-corrected chi connectivity index (χ1v) is 19.0. The van der Waals surface area contributed by atoms with Crippen molar-refractivity contribution >= 4 is 27.5 Å². The molecule has 4 nitrogen and oxygen atoms in total. The third-order valence-electron chi connectivity index (χ3n) is 10.6. The first-order valence-electron chi connectivity index (χ1n) is 19.0. The summed E-state index contributed by atoms with van der Waals surface area (Å²) in [5.74, 6) is 0.653. The van der Waals surface area contributed by atoms with Crippen molar-refractivity contribution in [2.45, 2.75) is 0 Å². The quantitative estimate of drug-likeness (QED) is 0.153. The van der Waals surface area contributed by atoms with E-state index in [0.717, 1.165) is 67.1 Å². The molecule has 0 amide bonds. The molecule has 0 fully saturated rings. The maximum atomic E-state index is 8.08. The normalized spacial score (nSPS) is 11.1. The summed E-state index contributed by atoms with van der Waals surface area (Å²) in [6.07, 6.45) is 0. The highest BCUT2D eigenvalue weighted by atomic mass is 15.0. The second kappa shape index (κ2) is 14.4. The molecule has 0 atom stereocenters. The van der Waals surface area contributed by atoms with Crippen LogP contribution in [-0.2, 0) is 0 Å². The largest absolute Gasteiger partial charge is 0.309 e. The Bertz CT molecular complexity index is 3060. The van der Waals surface area contributed by atoms with Gasteiger partial charge in [0.1, 0.15) is 0 Å². The number of benzene rings is 8. The summed E-state index contributed by atoms with van der Waals surface area (Å²) in [6, 6.07) is 71.6. The molecule has 0 saturated heterocycles. The first kappa shape index (κ1) is 33.7. The van der Waals surface area contributed by atoms with Crippen LogP contribution in [0.1, 0.15) is 0 Å². The Labute approximate surface area is 331 Å². The SMILES string of the molecule is [C-]#[N+]c1ccccc1-c1cc(-c2cc(-c3ccccc3)nc(-c3ccccc3)n2)cc(-n2c3ccccc3c3ccc(-c4cccc(-c5ccccc5)c4)cc32)c1. The van der Waals surface area contributed by atoms with Crippen LogP contribution in [0.2, 0.25) is 0 Å². The zero-order valence-corrected chi connectivity index (χ0v) is 30.9. The molecule has 0 aliphatic carbocycles. The molecular formula is C53H34N4. The molecule has 2 heterocycles. The fourth-order valence-electron chi connectivity index (χ4n) is 7.86. The van der Waals surface area contributed by atoms with Gasteiger partial charge >= 0.3 is 0 Å². The van der Waals surface area contributed by atoms with Crippen molar-refractivity contribution in [3.05, 3.63) is 218 Å². The van der Waals surface area contributed by atoms with E-state index in [1.54, 1.807) is 0 Å². The van der Waals surface area contributed by atoms with Gasteiger partial charge in [-0.3, -0.25) is 0 Å². The Hall–Kier alpha value is -7.87. The topological polar surface area (TPSA) is 35.1 Å². The van der Waals surface area contributed by atoms with Gasteiger partial charge in [0.15, 0.2) is 11.5 Å². The molecule has 0 saturated carbocycles. The predicted molar refractivity (Wildman–Crippen MR) is 235 cm³/mol.